The molecule has 0 saturated carbocycles. The van der Waals surface area contributed by atoms with Crippen LogP contribution in [-0.2, 0) is 6.54 Å². The summed E-state index contributed by atoms with van der Waals surface area (Å²) in [5.74, 6) is 0.139. The van der Waals surface area contributed by atoms with Crippen LogP contribution in [0.1, 0.15) is 28.8 Å². The van der Waals surface area contributed by atoms with Gasteiger partial charge in [0.2, 0.25) is 0 Å². The summed E-state index contributed by atoms with van der Waals surface area (Å²) < 4.78 is 20.9. The number of aromatic nitrogens is 3. The first-order chi connectivity index (χ1) is 18.1. The van der Waals surface area contributed by atoms with Crippen LogP contribution in [0.15, 0.2) is 60.7 Å². The average Bonchev–Trinajstić information content (AvgIpc) is 3.53. The second-order valence-electron chi connectivity index (χ2n) is 9.29. The molecule has 1 amide bonds. The number of carbonyl (C=O) groups excluding carboxylic acids is 1. The number of fused-ring (bicyclic) bond motifs is 2. The van der Waals surface area contributed by atoms with Gasteiger partial charge in [0.25, 0.3) is 5.91 Å². The Bertz CT molecular complexity index is 1560. The first kappa shape index (κ1) is 23.6. The van der Waals surface area contributed by atoms with Crippen molar-refractivity contribution in [1.29, 1.82) is 0 Å². The predicted octanol–water partition coefficient (Wildman–Crippen LogP) is 5.38. The topological polar surface area (TPSA) is 83.1 Å². The third kappa shape index (κ3) is 4.68. The van der Waals surface area contributed by atoms with E-state index in [2.05, 4.69) is 20.4 Å². The molecule has 3 aromatic carbocycles. The van der Waals surface area contributed by atoms with E-state index in [1.807, 2.05) is 42.5 Å². The van der Waals surface area contributed by atoms with Crippen molar-refractivity contribution in [2.75, 3.05) is 20.2 Å². The summed E-state index contributed by atoms with van der Waals surface area (Å²) in [7, 11) is 1.55. The molecule has 188 valence electrons. The van der Waals surface area contributed by atoms with Crippen molar-refractivity contribution in [3.05, 3.63) is 77.6 Å². The number of amides is 1. The Morgan fingerprint density at radius 1 is 1.22 bits per heavy atom. The van der Waals surface area contributed by atoms with E-state index in [4.69, 9.17) is 9.72 Å². The van der Waals surface area contributed by atoms with Crippen LogP contribution in [0.5, 0.6) is 5.75 Å². The third-order valence-corrected chi connectivity index (χ3v) is 7.88. The van der Waals surface area contributed by atoms with Crippen molar-refractivity contribution in [3.63, 3.8) is 0 Å². The van der Waals surface area contributed by atoms with E-state index < -0.39 is 0 Å². The lowest BCUT2D eigenvalue weighted by Crippen LogP contribution is -2.47. The fourth-order valence-corrected chi connectivity index (χ4v) is 5.95. The van der Waals surface area contributed by atoms with E-state index >= 15 is 0 Å². The molecule has 9 heteroatoms. The summed E-state index contributed by atoms with van der Waals surface area (Å²) in [5, 5.41) is 12.4. The summed E-state index contributed by atoms with van der Waals surface area (Å²) in [5.41, 5.74) is 3.65. The number of likely N-dealkylation sites (tertiary alicyclic amines) is 1. The molecule has 2 aromatic heterocycles. The van der Waals surface area contributed by atoms with E-state index in [1.165, 1.54) is 6.07 Å². The molecule has 0 aliphatic carbocycles. The van der Waals surface area contributed by atoms with Gasteiger partial charge < -0.3 is 10.1 Å². The second kappa shape index (κ2) is 9.91. The molecule has 0 radical (unpaired) electrons. The van der Waals surface area contributed by atoms with Crippen molar-refractivity contribution >= 4 is 38.4 Å². The summed E-state index contributed by atoms with van der Waals surface area (Å²) in [6, 6.07) is 18.4. The minimum absolute atomic E-state index is 0.0252. The molecule has 1 fully saturated rings. The number of thiazole rings is 1. The maximum atomic E-state index is 14.4. The van der Waals surface area contributed by atoms with Gasteiger partial charge >= 0.3 is 0 Å². The molecule has 5 aromatic rings. The number of hydrogen-bond donors (Lipinski definition) is 2. The lowest BCUT2D eigenvalue weighted by Gasteiger charge is -2.33. The number of benzene rings is 3. The van der Waals surface area contributed by atoms with Gasteiger partial charge in [-0.15, -0.1) is 11.3 Å². The lowest BCUT2D eigenvalue weighted by atomic mass is 10.0. The first-order valence-electron chi connectivity index (χ1n) is 12.3. The van der Waals surface area contributed by atoms with Gasteiger partial charge in [0.15, 0.2) is 0 Å². The van der Waals surface area contributed by atoms with E-state index in [0.29, 0.717) is 30.0 Å². The van der Waals surface area contributed by atoms with Crippen LogP contribution in [0.2, 0.25) is 0 Å². The fraction of sp³-hybridized carbons (Fsp3) is 0.250. The number of carbonyl (C=O) groups is 1. The smallest absolute Gasteiger partial charge is 0.251 e. The Morgan fingerprint density at radius 2 is 2.11 bits per heavy atom. The monoisotopic (exact) mass is 515 g/mol. The number of nitrogens with zero attached hydrogens (tertiary/aromatic N) is 3. The quantitative estimate of drug-likeness (QED) is 0.317. The average molecular weight is 516 g/mol. The van der Waals surface area contributed by atoms with Crippen LogP contribution in [0.4, 0.5) is 4.39 Å². The highest BCUT2D eigenvalue weighted by Crippen LogP contribution is 2.33. The highest BCUT2D eigenvalue weighted by Gasteiger charge is 2.24. The molecule has 1 atom stereocenters. The summed E-state index contributed by atoms with van der Waals surface area (Å²) in [6.45, 7) is 1.93. The van der Waals surface area contributed by atoms with Crippen molar-refractivity contribution in [2.24, 2.45) is 0 Å². The highest BCUT2D eigenvalue weighted by atomic mass is 32.1. The molecule has 7 nitrogen and oxygen atoms in total. The molecule has 0 unspecified atom stereocenters. The molecule has 0 bridgehead atoms. The van der Waals surface area contributed by atoms with Crippen molar-refractivity contribution in [2.45, 2.75) is 25.4 Å². The minimum atomic E-state index is -0.275. The molecule has 6 rings (SSSR count). The minimum Gasteiger partial charge on any atom is -0.496 e. The van der Waals surface area contributed by atoms with Crippen LogP contribution in [-0.4, -0.2) is 52.2 Å². The van der Waals surface area contributed by atoms with E-state index in [1.54, 1.807) is 30.6 Å². The van der Waals surface area contributed by atoms with Crippen molar-refractivity contribution in [1.82, 2.24) is 25.4 Å². The van der Waals surface area contributed by atoms with Gasteiger partial charge in [-0.25, -0.2) is 9.37 Å². The largest absolute Gasteiger partial charge is 0.496 e. The number of H-pyrrole nitrogens is 1. The molecule has 2 N–H and O–H groups in total. The maximum Gasteiger partial charge on any atom is 0.251 e. The molecule has 1 saturated heterocycles. The zero-order chi connectivity index (χ0) is 25.4. The van der Waals surface area contributed by atoms with Crippen LogP contribution in [0, 0.1) is 5.82 Å². The Kier molecular flexibility index (Phi) is 6.31. The van der Waals surface area contributed by atoms with Crippen LogP contribution < -0.4 is 10.1 Å². The lowest BCUT2D eigenvalue weighted by molar-refractivity contribution is 0.0899. The van der Waals surface area contributed by atoms with E-state index in [9.17, 15) is 9.18 Å². The normalized spacial score (nSPS) is 16.3. The van der Waals surface area contributed by atoms with Gasteiger partial charge in [0.1, 0.15) is 22.3 Å². The molecule has 1 aliphatic heterocycles. The Hall–Kier alpha value is -3.82. The van der Waals surface area contributed by atoms with Crippen molar-refractivity contribution in [3.8, 4) is 16.5 Å². The van der Waals surface area contributed by atoms with Gasteiger partial charge in [-0.05, 0) is 61.9 Å². The van der Waals surface area contributed by atoms with Crippen LogP contribution >= 0.6 is 11.3 Å². The Morgan fingerprint density at radius 3 is 2.97 bits per heavy atom. The number of halogens is 1. The number of nitrogens with one attached hydrogen (secondary N) is 2. The highest BCUT2D eigenvalue weighted by molar-refractivity contribution is 7.21. The number of hydrogen-bond acceptors (Lipinski definition) is 6. The predicted molar refractivity (Wildman–Crippen MR) is 143 cm³/mol. The molecule has 0 spiro atoms. The van der Waals surface area contributed by atoms with Gasteiger partial charge in [-0.2, -0.15) is 5.10 Å². The maximum absolute atomic E-state index is 14.4. The van der Waals surface area contributed by atoms with Gasteiger partial charge in [0, 0.05) is 35.6 Å². The SMILES string of the molecule is COc1cccc(F)c1CN1CCC[C@@H](NC(=O)c2ccc3[nH]nc(-c4nc5ccccc5s4)c3c2)C1. The zero-order valence-corrected chi connectivity index (χ0v) is 21.1. The molecular formula is C28H26FN5O2S. The standard InChI is InChI=1S/C28H26FN5O2S/c1-36-24-9-4-7-21(29)20(24)16-34-13-5-6-18(15-34)30-27(35)17-11-12-22-19(14-17)26(33-32-22)28-31-23-8-2-3-10-25(23)37-28/h2-4,7-12,14,18H,5-6,13,15-16H2,1H3,(H,30,35)(H,32,33)/t18-/m1/s1. The summed E-state index contributed by atoms with van der Waals surface area (Å²) >= 11 is 1.58. The van der Waals surface area contributed by atoms with Crippen LogP contribution in [0.25, 0.3) is 31.8 Å². The number of methoxy groups -OCH3 is 1. The molecule has 37 heavy (non-hydrogen) atoms. The Labute approximate surface area is 217 Å². The first-order valence-corrected chi connectivity index (χ1v) is 13.1. The molecule has 1 aliphatic rings. The fourth-order valence-electron chi connectivity index (χ4n) is 4.98. The van der Waals surface area contributed by atoms with Gasteiger partial charge in [0.05, 0.1) is 22.8 Å². The number of rotatable bonds is 6. The van der Waals surface area contributed by atoms with Crippen LogP contribution in [0.3, 0.4) is 0 Å². The summed E-state index contributed by atoms with van der Waals surface area (Å²) in [4.78, 5) is 20.1. The second-order valence-corrected chi connectivity index (χ2v) is 10.3. The number of para-hydroxylation sites is 1. The molecule has 3 heterocycles. The van der Waals surface area contributed by atoms with Gasteiger partial charge in [-0.3, -0.25) is 14.8 Å². The third-order valence-electron chi connectivity index (χ3n) is 6.84. The summed E-state index contributed by atoms with van der Waals surface area (Å²) in [6.07, 6.45) is 1.80. The van der Waals surface area contributed by atoms with Gasteiger partial charge in [-0.1, -0.05) is 18.2 Å². The van der Waals surface area contributed by atoms with Crippen molar-refractivity contribution < 1.29 is 13.9 Å². The Balaban J connectivity index is 1.19. The zero-order valence-electron chi connectivity index (χ0n) is 20.3. The number of piperidine rings is 1. The van der Waals surface area contributed by atoms with E-state index in [0.717, 1.165) is 51.2 Å². The number of aromatic amines is 1. The van der Waals surface area contributed by atoms with E-state index in [-0.39, 0.29) is 17.8 Å². The molecular weight excluding hydrogens is 489 g/mol. The number of ether oxygens (including phenoxy) is 1.